The molecule has 1 aromatic carbocycles. The summed E-state index contributed by atoms with van der Waals surface area (Å²) < 4.78 is 4.94. The van der Waals surface area contributed by atoms with Gasteiger partial charge in [-0.15, -0.1) is 0 Å². The minimum Gasteiger partial charge on any atom is -0.462 e. The van der Waals surface area contributed by atoms with E-state index in [2.05, 4.69) is 20.6 Å². The first-order chi connectivity index (χ1) is 12.7. The molecule has 0 saturated heterocycles. The second-order valence-electron chi connectivity index (χ2n) is 6.14. The summed E-state index contributed by atoms with van der Waals surface area (Å²) in [4.78, 5) is 32.5. The molecule has 1 amide bonds. The van der Waals surface area contributed by atoms with E-state index in [0.717, 1.165) is 12.8 Å². The monoisotopic (exact) mass is 354 g/mol. The van der Waals surface area contributed by atoms with Gasteiger partial charge in [0.05, 0.1) is 12.2 Å². The van der Waals surface area contributed by atoms with Crippen LogP contribution in [0, 0.1) is 0 Å². The third-order valence-corrected chi connectivity index (χ3v) is 4.23. The van der Waals surface area contributed by atoms with Crippen LogP contribution in [-0.4, -0.2) is 34.5 Å². The van der Waals surface area contributed by atoms with Crippen molar-refractivity contribution < 1.29 is 14.3 Å². The summed E-state index contributed by atoms with van der Waals surface area (Å²) >= 11 is 0. The zero-order valence-electron chi connectivity index (χ0n) is 14.7. The van der Waals surface area contributed by atoms with Crippen LogP contribution in [-0.2, 0) is 4.74 Å². The number of amides is 1. The van der Waals surface area contributed by atoms with Gasteiger partial charge in [-0.3, -0.25) is 4.79 Å². The van der Waals surface area contributed by atoms with Gasteiger partial charge in [0.15, 0.2) is 0 Å². The van der Waals surface area contributed by atoms with Crippen molar-refractivity contribution in [3.8, 4) is 0 Å². The van der Waals surface area contributed by atoms with Gasteiger partial charge in [-0.2, -0.15) is 0 Å². The predicted octanol–water partition coefficient (Wildman–Crippen LogP) is 3.26. The van der Waals surface area contributed by atoms with E-state index < -0.39 is 0 Å². The molecule has 0 bridgehead atoms. The van der Waals surface area contributed by atoms with Gasteiger partial charge in [-0.05, 0) is 50.1 Å². The van der Waals surface area contributed by atoms with Gasteiger partial charge in [-0.25, -0.2) is 14.8 Å². The maximum absolute atomic E-state index is 12.4. The number of carbonyl (C=O) groups excluding carboxylic acids is 2. The summed E-state index contributed by atoms with van der Waals surface area (Å²) in [5.41, 5.74) is 1.30. The van der Waals surface area contributed by atoms with Gasteiger partial charge in [0.2, 0.25) is 5.95 Å². The van der Waals surface area contributed by atoms with E-state index in [9.17, 15) is 9.59 Å². The molecule has 1 aliphatic rings. The predicted molar refractivity (Wildman–Crippen MR) is 98.3 cm³/mol. The Morgan fingerprint density at radius 2 is 1.88 bits per heavy atom. The molecule has 2 N–H and O–H groups in total. The zero-order chi connectivity index (χ0) is 18.4. The normalized spacial score (nSPS) is 14.0. The molecule has 2 aromatic rings. The van der Waals surface area contributed by atoms with Crippen LogP contribution < -0.4 is 10.6 Å². The molecule has 3 rings (SSSR count). The molecule has 0 unspecified atom stereocenters. The van der Waals surface area contributed by atoms with E-state index in [1.807, 2.05) is 0 Å². The Balaban J connectivity index is 1.63. The van der Waals surface area contributed by atoms with Gasteiger partial charge in [0.25, 0.3) is 5.91 Å². The van der Waals surface area contributed by atoms with Crippen molar-refractivity contribution in [3.63, 3.8) is 0 Å². The molecule has 1 aromatic heterocycles. The van der Waals surface area contributed by atoms with E-state index in [1.165, 1.54) is 12.8 Å². The zero-order valence-corrected chi connectivity index (χ0v) is 14.7. The smallest absolute Gasteiger partial charge is 0.338 e. The van der Waals surface area contributed by atoms with E-state index in [4.69, 9.17) is 4.74 Å². The van der Waals surface area contributed by atoms with Crippen molar-refractivity contribution in [3.05, 3.63) is 47.8 Å². The lowest BCUT2D eigenvalue weighted by Crippen LogP contribution is -2.19. The van der Waals surface area contributed by atoms with Gasteiger partial charge < -0.3 is 15.4 Å². The van der Waals surface area contributed by atoms with Crippen molar-refractivity contribution >= 4 is 23.5 Å². The molecule has 7 nitrogen and oxygen atoms in total. The minimum atomic E-state index is -0.385. The fraction of sp³-hybridized carbons (Fsp3) is 0.368. The van der Waals surface area contributed by atoms with Crippen LogP contribution in [0.2, 0.25) is 0 Å². The number of nitrogens with zero attached hydrogens (tertiary/aromatic N) is 2. The van der Waals surface area contributed by atoms with Crippen LogP contribution in [0.25, 0.3) is 0 Å². The Hall–Kier alpha value is -2.96. The summed E-state index contributed by atoms with van der Waals surface area (Å²) in [7, 11) is 0. The third-order valence-electron chi connectivity index (χ3n) is 4.23. The number of ether oxygens (including phenoxy) is 1. The van der Waals surface area contributed by atoms with Gasteiger partial charge in [-0.1, -0.05) is 12.8 Å². The summed E-state index contributed by atoms with van der Waals surface area (Å²) in [6, 6.07) is 8.49. The fourth-order valence-electron chi connectivity index (χ4n) is 2.91. The molecule has 0 atom stereocenters. The largest absolute Gasteiger partial charge is 0.462 e. The standard InChI is InChI=1S/C19H22N4O3/c1-2-26-18(25)13-7-9-15(10-8-13)21-17(24)16-11-12-20-19(23-16)22-14-5-3-4-6-14/h7-12,14H,2-6H2,1H3,(H,21,24)(H,20,22,23). The van der Waals surface area contributed by atoms with Crippen molar-refractivity contribution in [2.24, 2.45) is 0 Å². The lowest BCUT2D eigenvalue weighted by molar-refractivity contribution is 0.0526. The van der Waals surface area contributed by atoms with Crippen LogP contribution >= 0.6 is 0 Å². The third kappa shape index (κ3) is 4.56. The van der Waals surface area contributed by atoms with Crippen molar-refractivity contribution in [2.75, 3.05) is 17.2 Å². The second-order valence-corrected chi connectivity index (χ2v) is 6.14. The minimum absolute atomic E-state index is 0.287. The van der Waals surface area contributed by atoms with Crippen molar-refractivity contribution in [1.82, 2.24) is 9.97 Å². The number of aromatic nitrogens is 2. The van der Waals surface area contributed by atoms with Crippen LogP contribution in [0.4, 0.5) is 11.6 Å². The van der Waals surface area contributed by atoms with E-state index in [-0.39, 0.29) is 17.6 Å². The number of hydrogen-bond donors (Lipinski definition) is 2. The van der Waals surface area contributed by atoms with Crippen LogP contribution in [0.1, 0.15) is 53.5 Å². The molecule has 0 aliphatic heterocycles. The molecule has 0 spiro atoms. The average molecular weight is 354 g/mol. The maximum Gasteiger partial charge on any atom is 0.338 e. The first-order valence-corrected chi connectivity index (χ1v) is 8.84. The molecule has 1 fully saturated rings. The van der Waals surface area contributed by atoms with E-state index in [1.54, 1.807) is 43.5 Å². The quantitative estimate of drug-likeness (QED) is 0.774. The molecule has 0 radical (unpaired) electrons. The number of anilines is 2. The second kappa shape index (κ2) is 8.42. The first-order valence-electron chi connectivity index (χ1n) is 8.84. The highest BCUT2D eigenvalue weighted by Gasteiger charge is 2.16. The van der Waals surface area contributed by atoms with Crippen molar-refractivity contribution in [2.45, 2.75) is 38.6 Å². The Morgan fingerprint density at radius 3 is 2.58 bits per heavy atom. The molecule has 1 saturated carbocycles. The average Bonchev–Trinajstić information content (AvgIpc) is 3.16. The van der Waals surface area contributed by atoms with Gasteiger partial charge in [0.1, 0.15) is 5.69 Å². The van der Waals surface area contributed by atoms with E-state index >= 15 is 0 Å². The number of nitrogens with one attached hydrogen (secondary N) is 2. The number of esters is 1. The molecular weight excluding hydrogens is 332 g/mol. The van der Waals surface area contributed by atoms with Gasteiger partial charge in [0, 0.05) is 17.9 Å². The SMILES string of the molecule is CCOC(=O)c1ccc(NC(=O)c2ccnc(NC3CCCC3)n2)cc1. The molecular formula is C19H22N4O3. The number of hydrogen-bond acceptors (Lipinski definition) is 6. The highest BCUT2D eigenvalue weighted by atomic mass is 16.5. The molecule has 26 heavy (non-hydrogen) atoms. The highest BCUT2D eigenvalue weighted by molar-refractivity contribution is 6.03. The van der Waals surface area contributed by atoms with Crippen LogP contribution in [0.5, 0.6) is 0 Å². The first kappa shape index (κ1) is 17.8. The topological polar surface area (TPSA) is 93.2 Å². The van der Waals surface area contributed by atoms with Crippen molar-refractivity contribution in [1.29, 1.82) is 0 Å². The Labute approximate surface area is 152 Å². The number of carbonyl (C=O) groups is 2. The molecule has 1 heterocycles. The summed E-state index contributed by atoms with van der Waals surface area (Å²) in [6.07, 6.45) is 6.20. The van der Waals surface area contributed by atoms with Crippen LogP contribution in [0.15, 0.2) is 36.5 Å². The fourth-order valence-corrected chi connectivity index (χ4v) is 2.91. The lowest BCUT2D eigenvalue weighted by Gasteiger charge is -2.12. The molecule has 136 valence electrons. The lowest BCUT2D eigenvalue weighted by atomic mass is 10.2. The highest BCUT2D eigenvalue weighted by Crippen LogP contribution is 2.20. The number of benzene rings is 1. The molecule has 7 heteroatoms. The van der Waals surface area contributed by atoms with E-state index in [0.29, 0.717) is 29.8 Å². The van der Waals surface area contributed by atoms with Crippen LogP contribution in [0.3, 0.4) is 0 Å². The molecule has 1 aliphatic carbocycles. The maximum atomic E-state index is 12.4. The Bertz CT molecular complexity index is 771. The Kier molecular flexibility index (Phi) is 5.78. The summed E-state index contributed by atoms with van der Waals surface area (Å²) in [5.74, 6) is -0.239. The summed E-state index contributed by atoms with van der Waals surface area (Å²) in [5, 5.41) is 6.05. The van der Waals surface area contributed by atoms with Gasteiger partial charge >= 0.3 is 5.97 Å². The summed E-state index contributed by atoms with van der Waals surface area (Å²) in [6.45, 7) is 2.08. The number of rotatable bonds is 6. The Morgan fingerprint density at radius 1 is 1.15 bits per heavy atom.